The summed E-state index contributed by atoms with van der Waals surface area (Å²) >= 11 is 0. The van der Waals surface area contributed by atoms with Gasteiger partial charge in [0.2, 0.25) is 5.78 Å². The van der Waals surface area contributed by atoms with Gasteiger partial charge >= 0.3 is 11.9 Å². The molecule has 2 aromatic heterocycles. The van der Waals surface area contributed by atoms with Gasteiger partial charge < -0.3 is 19.0 Å². The number of H-pyrrole nitrogens is 1. The van der Waals surface area contributed by atoms with Gasteiger partial charge in [-0.3, -0.25) is 14.4 Å². The molecule has 0 aliphatic heterocycles. The molecule has 29 heavy (non-hydrogen) atoms. The monoisotopic (exact) mass is 396 g/mol. The van der Waals surface area contributed by atoms with E-state index in [4.69, 9.17) is 4.74 Å². The van der Waals surface area contributed by atoms with Crippen LogP contribution in [0, 0.1) is 13.8 Å². The van der Waals surface area contributed by atoms with Crippen LogP contribution in [0.15, 0.2) is 36.5 Å². The van der Waals surface area contributed by atoms with Gasteiger partial charge in [0.05, 0.1) is 20.0 Å². The molecule has 3 rings (SSSR count). The van der Waals surface area contributed by atoms with Crippen molar-refractivity contribution in [3.8, 4) is 0 Å². The zero-order chi connectivity index (χ0) is 21.0. The first-order valence-corrected chi connectivity index (χ1v) is 9.38. The summed E-state index contributed by atoms with van der Waals surface area (Å²) in [5.41, 5.74) is 3.88. The van der Waals surface area contributed by atoms with Gasteiger partial charge in [0.25, 0.3) is 0 Å². The summed E-state index contributed by atoms with van der Waals surface area (Å²) in [4.78, 5) is 39.3. The van der Waals surface area contributed by atoms with Crippen molar-refractivity contribution < 1.29 is 23.9 Å². The van der Waals surface area contributed by atoms with E-state index >= 15 is 0 Å². The first-order valence-electron chi connectivity index (χ1n) is 9.38. The number of nitrogens with one attached hydrogen (secondary N) is 1. The Kier molecular flexibility index (Phi) is 6.16. The number of para-hydroxylation sites is 1. The minimum atomic E-state index is -0.456. The topological polar surface area (TPSA) is 90.4 Å². The lowest BCUT2D eigenvalue weighted by Gasteiger charge is -2.09. The van der Waals surface area contributed by atoms with Gasteiger partial charge in [0.1, 0.15) is 0 Å². The SMILES string of the molecule is COC(=O)CCn1c(C)cc(C(=O)COC(=O)Cc2c[nH]c3ccccc23)c1C. The van der Waals surface area contributed by atoms with Gasteiger partial charge in [-0.1, -0.05) is 18.2 Å². The highest BCUT2D eigenvalue weighted by Crippen LogP contribution is 2.19. The third-order valence-electron chi connectivity index (χ3n) is 5.02. The van der Waals surface area contributed by atoms with Crippen molar-refractivity contribution in [2.75, 3.05) is 13.7 Å². The van der Waals surface area contributed by atoms with Crippen molar-refractivity contribution >= 4 is 28.6 Å². The van der Waals surface area contributed by atoms with Crippen LogP contribution in [-0.2, 0) is 32.0 Å². The molecule has 7 nitrogen and oxygen atoms in total. The summed E-state index contributed by atoms with van der Waals surface area (Å²) in [5, 5.41) is 0.963. The second-order valence-electron chi connectivity index (χ2n) is 6.88. The molecular formula is C22H24N2O5. The van der Waals surface area contributed by atoms with Crippen LogP contribution < -0.4 is 0 Å². The number of methoxy groups -OCH3 is 1. The molecule has 0 atom stereocenters. The quantitative estimate of drug-likeness (QED) is 0.467. The molecule has 2 heterocycles. The standard InChI is InChI=1S/C22H24N2O5/c1-14-10-18(15(2)24(14)9-8-21(26)28-3)20(25)13-29-22(27)11-16-12-23-19-7-5-4-6-17(16)19/h4-7,10,12,23H,8-9,11,13H2,1-3H3. The Morgan fingerprint density at radius 2 is 1.86 bits per heavy atom. The summed E-state index contributed by atoms with van der Waals surface area (Å²) < 4.78 is 11.8. The van der Waals surface area contributed by atoms with Crippen LogP contribution in [0.4, 0.5) is 0 Å². The molecule has 0 spiro atoms. The molecule has 152 valence electrons. The average molecular weight is 396 g/mol. The highest BCUT2D eigenvalue weighted by Gasteiger charge is 2.18. The molecule has 0 aliphatic rings. The maximum atomic E-state index is 12.6. The van der Waals surface area contributed by atoms with Crippen LogP contribution in [0.2, 0.25) is 0 Å². The zero-order valence-electron chi connectivity index (χ0n) is 16.8. The Labute approximate surface area is 168 Å². The van der Waals surface area contributed by atoms with E-state index in [0.717, 1.165) is 27.9 Å². The fraction of sp³-hybridized carbons (Fsp3) is 0.318. The van der Waals surface area contributed by atoms with Crippen LogP contribution in [0.25, 0.3) is 10.9 Å². The van der Waals surface area contributed by atoms with E-state index in [1.807, 2.05) is 42.7 Å². The van der Waals surface area contributed by atoms with Crippen LogP contribution >= 0.6 is 0 Å². The van der Waals surface area contributed by atoms with E-state index in [-0.39, 0.29) is 31.2 Å². The van der Waals surface area contributed by atoms with Crippen molar-refractivity contribution in [3.05, 3.63) is 59.0 Å². The van der Waals surface area contributed by atoms with Crippen molar-refractivity contribution in [1.29, 1.82) is 0 Å². The van der Waals surface area contributed by atoms with E-state index < -0.39 is 5.97 Å². The van der Waals surface area contributed by atoms with E-state index in [1.165, 1.54) is 7.11 Å². The van der Waals surface area contributed by atoms with Gasteiger partial charge in [0.15, 0.2) is 6.61 Å². The molecule has 0 aliphatic carbocycles. The second-order valence-corrected chi connectivity index (χ2v) is 6.88. The molecule has 0 saturated heterocycles. The molecule has 0 radical (unpaired) electrons. The fourth-order valence-corrected chi connectivity index (χ4v) is 3.44. The van der Waals surface area contributed by atoms with Crippen molar-refractivity contribution in [2.24, 2.45) is 0 Å². The number of fused-ring (bicyclic) bond motifs is 1. The predicted molar refractivity (Wildman–Crippen MR) is 108 cm³/mol. The Hall–Kier alpha value is -3.35. The van der Waals surface area contributed by atoms with E-state index in [9.17, 15) is 14.4 Å². The number of aromatic amines is 1. The Balaban J connectivity index is 1.60. The Morgan fingerprint density at radius 1 is 1.10 bits per heavy atom. The molecule has 0 fully saturated rings. The number of aryl methyl sites for hydroxylation is 1. The smallest absolute Gasteiger partial charge is 0.310 e. The third kappa shape index (κ3) is 4.56. The number of nitrogens with zero attached hydrogens (tertiary/aromatic N) is 1. The molecule has 1 aromatic carbocycles. The molecule has 1 N–H and O–H groups in total. The number of hydrogen-bond acceptors (Lipinski definition) is 5. The summed E-state index contributed by atoms with van der Waals surface area (Å²) in [7, 11) is 1.34. The molecule has 0 saturated carbocycles. The lowest BCUT2D eigenvalue weighted by Crippen LogP contribution is -2.16. The highest BCUT2D eigenvalue weighted by atomic mass is 16.5. The number of carbonyl (C=O) groups excluding carboxylic acids is 3. The number of ketones is 1. The zero-order valence-corrected chi connectivity index (χ0v) is 16.8. The highest BCUT2D eigenvalue weighted by molar-refractivity contribution is 5.99. The number of carbonyl (C=O) groups is 3. The summed E-state index contributed by atoms with van der Waals surface area (Å²) in [5.74, 6) is -1.03. The molecular weight excluding hydrogens is 372 g/mol. The van der Waals surface area contributed by atoms with Crippen LogP contribution in [0.1, 0.15) is 33.7 Å². The largest absolute Gasteiger partial charge is 0.469 e. The van der Waals surface area contributed by atoms with Crippen LogP contribution in [0.3, 0.4) is 0 Å². The molecule has 0 bridgehead atoms. The Morgan fingerprint density at radius 3 is 2.62 bits per heavy atom. The lowest BCUT2D eigenvalue weighted by molar-refractivity contribution is -0.142. The first-order chi connectivity index (χ1) is 13.9. The van der Waals surface area contributed by atoms with Crippen LogP contribution in [0.5, 0.6) is 0 Å². The lowest BCUT2D eigenvalue weighted by atomic mass is 10.1. The number of rotatable bonds is 8. The summed E-state index contributed by atoms with van der Waals surface area (Å²) in [6, 6.07) is 9.45. The van der Waals surface area contributed by atoms with E-state index in [0.29, 0.717) is 12.1 Å². The molecule has 3 aromatic rings. The minimum Gasteiger partial charge on any atom is -0.469 e. The maximum Gasteiger partial charge on any atom is 0.310 e. The van der Waals surface area contributed by atoms with Crippen molar-refractivity contribution in [2.45, 2.75) is 33.2 Å². The van der Waals surface area contributed by atoms with Gasteiger partial charge in [0, 0.05) is 40.6 Å². The summed E-state index contributed by atoms with van der Waals surface area (Å²) in [6.07, 6.45) is 2.10. The van der Waals surface area contributed by atoms with Crippen molar-refractivity contribution in [1.82, 2.24) is 9.55 Å². The predicted octanol–water partition coefficient (Wildman–Crippen LogP) is 3.12. The first kappa shape index (κ1) is 20.4. The summed E-state index contributed by atoms with van der Waals surface area (Å²) in [6.45, 7) is 3.79. The van der Waals surface area contributed by atoms with E-state index in [1.54, 1.807) is 12.3 Å². The number of ether oxygens (including phenoxy) is 2. The number of Topliss-reactive ketones (excluding diaryl/α,β-unsaturated/α-hetero) is 1. The van der Waals surface area contributed by atoms with Crippen molar-refractivity contribution in [3.63, 3.8) is 0 Å². The molecule has 7 heteroatoms. The van der Waals surface area contributed by atoms with Gasteiger partial charge in [-0.15, -0.1) is 0 Å². The number of aromatic nitrogens is 2. The molecule has 0 unspecified atom stereocenters. The molecule has 0 amide bonds. The Bertz CT molecular complexity index is 1060. The van der Waals surface area contributed by atoms with Gasteiger partial charge in [-0.25, -0.2) is 0 Å². The minimum absolute atomic E-state index is 0.0927. The average Bonchev–Trinajstić information content (AvgIpc) is 3.25. The number of esters is 2. The number of benzene rings is 1. The third-order valence-corrected chi connectivity index (χ3v) is 5.02. The second kappa shape index (κ2) is 8.77. The van der Waals surface area contributed by atoms with Gasteiger partial charge in [-0.05, 0) is 31.5 Å². The van der Waals surface area contributed by atoms with Gasteiger partial charge in [-0.2, -0.15) is 0 Å². The number of hydrogen-bond donors (Lipinski definition) is 1. The normalized spacial score (nSPS) is 10.9. The maximum absolute atomic E-state index is 12.6. The van der Waals surface area contributed by atoms with Crippen LogP contribution in [-0.4, -0.2) is 41.0 Å². The van der Waals surface area contributed by atoms with E-state index in [2.05, 4.69) is 9.72 Å². The fourth-order valence-electron chi connectivity index (χ4n) is 3.44.